The number of nitrogens with one attached hydrogen (secondary N) is 2. The van der Waals surface area contributed by atoms with Crippen LogP contribution in [0, 0.1) is 6.92 Å². The van der Waals surface area contributed by atoms with Crippen LogP contribution in [-0.4, -0.2) is 25.0 Å². The summed E-state index contributed by atoms with van der Waals surface area (Å²) in [6, 6.07) is 6.65. The largest absolute Gasteiger partial charge is 0.382 e. The molecule has 0 radical (unpaired) electrons. The molecule has 19 heavy (non-hydrogen) atoms. The molecule has 1 saturated carbocycles. The minimum absolute atomic E-state index is 0.0354. The monoisotopic (exact) mass is 261 g/mol. The van der Waals surface area contributed by atoms with Crippen LogP contribution in [0.5, 0.6) is 0 Å². The van der Waals surface area contributed by atoms with Crippen molar-refractivity contribution in [2.45, 2.75) is 44.7 Å². The predicted octanol–water partition coefficient (Wildman–Crippen LogP) is 2.04. The number of carbonyl (C=O) groups is 1. The second-order valence-electron chi connectivity index (χ2n) is 5.31. The van der Waals surface area contributed by atoms with Gasteiger partial charge in [-0.1, -0.05) is 6.07 Å². The first kappa shape index (κ1) is 13.9. The fraction of sp³-hybridized carbons (Fsp3) is 0.533. The van der Waals surface area contributed by atoms with Gasteiger partial charge in [-0.25, -0.2) is 0 Å². The van der Waals surface area contributed by atoms with E-state index in [1.54, 1.807) is 7.05 Å². The summed E-state index contributed by atoms with van der Waals surface area (Å²) in [5.74, 6) is -0.0354. The van der Waals surface area contributed by atoms with Crippen molar-refractivity contribution in [1.29, 1.82) is 0 Å². The number of rotatable bonds is 3. The standard InChI is InChI=1S/C15H23N3O/c1-10-13(15(19)17-2)4-3-5-14(10)18-12-8-6-11(16)7-9-12/h3-5,11-12,18H,6-9,16H2,1-2H3,(H,17,19). The Morgan fingerprint density at radius 1 is 1.26 bits per heavy atom. The van der Waals surface area contributed by atoms with Crippen molar-refractivity contribution in [2.24, 2.45) is 5.73 Å². The van der Waals surface area contributed by atoms with Gasteiger partial charge >= 0.3 is 0 Å². The molecule has 0 spiro atoms. The van der Waals surface area contributed by atoms with Gasteiger partial charge in [0.25, 0.3) is 5.91 Å². The fourth-order valence-electron chi connectivity index (χ4n) is 2.66. The van der Waals surface area contributed by atoms with Crippen molar-refractivity contribution >= 4 is 11.6 Å². The summed E-state index contributed by atoms with van der Waals surface area (Å²) >= 11 is 0. The van der Waals surface area contributed by atoms with Gasteiger partial charge in [0.2, 0.25) is 0 Å². The second kappa shape index (κ2) is 6.06. The van der Waals surface area contributed by atoms with E-state index in [1.165, 1.54) is 0 Å². The molecule has 0 aromatic heterocycles. The highest BCUT2D eigenvalue weighted by Crippen LogP contribution is 2.24. The van der Waals surface area contributed by atoms with Crippen molar-refractivity contribution in [3.8, 4) is 0 Å². The van der Waals surface area contributed by atoms with Gasteiger partial charge in [-0.2, -0.15) is 0 Å². The maximum atomic E-state index is 11.8. The van der Waals surface area contributed by atoms with Crippen molar-refractivity contribution < 1.29 is 4.79 Å². The van der Waals surface area contributed by atoms with Gasteiger partial charge in [0.15, 0.2) is 0 Å². The van der Waals surface area contributed by atoms with Gasteiger partial charge in [0.05, 0.1) is 0 Å². The summed E-state index contributed by atoms with van der Waals surface area (Å²) in [5.41, 5.74) is 8.73. The smallest absolute Gasteiger partial charge is 0.251 e. The molecule has 1 aromatic carbocycles. The average molecular weight is 261 g/mol. The van der Waals surface area contributed by atoms with Crippen LogP contribution in [0.1, 0.15) is 41.6 Å². The topological polar surface area (TPSA) is 67.2 Å². The summed E-state index contributed by atoms with van der Waals surface area (Å²) in [4.78, 5) is 11.8. The van der Waals surface area contributed by atoms with Crippen molar-refractivity contribution in [3.05, 3.63) is 29.3 Å². The highest BCUT2D eigenvalue weighted by atomic mass is 16.1. The van der Waals surface area contributed by atoms with E-state index < -0.39 is 0 Å². The quantitative estimate of drug-likeness (QED) is 0.780. The molecule has 0 saturated heterocycles. The van der Waals surface area contributed by atoms with Crippen LogP contribution in [0.25, 0.3) is 0 Å². The maximum Gasteiger partial charge on any atom is 0.251 e. The van der Waals surface area contributed by atoms with Crippen LogP contribution in [0.3, 0.4) is 0 Å². The van der Waals surface area contributed by atoms with Gasteiger partial charge in [-0.15, -0.1) is 0 Å². The van der Waals surface area contributed by atoms with Crippen LogP contribution in [0.15, 0.2) is 18.2 Å². The Bertz CT molecular complexity index is 451. The van der Waals surface area contributed by atoms with Crippen LogP contribution in [-0.2, 0) is 0 Å². The molecular weight excluding hydrogens is 238 g/mol. The Balaban J connectivity index is 2.10. The lowest BCUT2D eigenvalue weighted by Gasteiger charge is -2.28. The van der Waals surface area contributed by atoms with Crippen LogP contribution in [0.2, 0.25) is 0 Å². The number of anilines is 1. The van der Waals surface area contributed by atoms with Crippen LogP contribution in [0.4, 0.5) is 5.69 Å². The van der Waals surface area contributed by atoms with Gasteiger partial charge in [-0.05, 0) is 50.3 Å². The molecule has 4 nitrogen and oxygen atoms in total. The molecule has 1 aliphatic rings. The zero-order valence-corrected chi connectivity index (χ0v) is 11.7. The summed E-state index contributed by atoms with van der Waals surface area (Å²) in [7, 11) is 1.66. The van der Waals surface area contributed by atoms with Gasteiger partial charge in [0, 0.05) is 30.4 Å². The maximum absolute atomic E-state index is 11.8. The van der Waals surface area contributed by atoms with Gasteiger partial charge < -0.3 is 16.4 Å². The van der Waals surface area contributed by atoms with E-state index in [4.69, 9.17) is 5.73 Å². The molecule has 0 aliphatic heterocycles. The summed E-state index contributed by atoms with van der Waals surface area (Å²) in [6.07, 6.45) is 4.35. The third-order valence-corrected chi connectivity index (χ3v) is 3.94. The molecule has 1 aromatic rings. The van der Waals surface area contributed by atoms with Crippen LogP contribution >= 0.6 is 0 Å². The average Bonchev–Trinajstić information content (AvgIpc) is 2.43. The number of hydrogen-bond donors (Lipinski definition) is 3. The molecule has 104 valence electrons. The zero-order chi connectivity index (χ0) is 13.8. The summed E-state index contributed by atoms with van der Waals surface area (Å²) in [5, 5.41) is 6.23. The Labute approximate surface area is 114 Å². The first-order chi connectivity index (χ1) is 9.11. The second-order valence-corrected chi connectivity index (χ2v) is 5.31. The Morgan fingerprint density at radius 3 is 2.58 bits per heavy atom. The fourth-order valence-corrected chi connectivity index (χ4v) is 2.66. The van der Waals surface area contributed by atoms with Crippen molar-refractivity contribution in [2.75, 3.05) is 12.4 Å². The number of amides is 1. The number of nitrogens with two attached hydrogens (primary N) is 1. The zero-order valence-electron chi connectivity index (χ0n) is 11.7. The van der Waals surface area contributed by atoms with E-state index in [9.17, 15) is 4.79 Å². The van der Waals surface area contributed by atoms with Crippen molar-refractivity contribution in [1.82, 2.24) is 5.32 Å². The molecule has 1 fully saturated rings. The lowest BCUT2D eigenvalue weighted by atomic mass is 9.91. The minimum Gasteiger partial charge on any atom is -0.382 e. The van der Waals surface area contributed by atoms with Crippen molar-refractivity contribution in [3.63, 3.8) is 0 Å². The Morgan fingerprint density at radius 2 is 1.95 bits per heavy atom. The molecular formula is C15H23N3O. The van der Waals surface area contributed by atoms with E-state index in [-0.39, 0.29) is 5.91 Å². The summed E-state index contributed by atoms with van der Waals surface area (Å²) < 4.78 is 0. The highest BCUT2D eigenvalue weighted by molar-refractivity contribution is 5.96. The molecule has 0 unspecified atom stereocenters. The third-order valence-electron chi connectivity index (χ3n) is 3.94. The molecule has 0 atom stereocenters. The van der Waals surface area contributed by atoms with E-state index in [0.717, 1.165) is 42.5 Å². The first-order valence-electron chi connectivity index (χ1n) is 6.95. The Hall–Kier alpha value is -1.55. The molecule has 1 amide bonds. The van der Waals surface area contributed by atoms with E-state index in [0.29, 0.717) is 12.1 Å². The van der Waals surface area contributed by atoms with Crippen LogP contribution < -0.4 is 16.4 Å². The molecule has 0 heterocycles. The van der Waals surface area contributed by atoms with Gasteiger partial charge in [-0.3, -0.25) is 4.79 Å². The third kappa shape index (κ3) is 3.26. The molecule has 4 N–H and O–H groups in total. The SMILES string of the molecule is CNC(=O)c1cccc(NC2CCC(N)CC2)c1C. The molecule has 2 rings (SSSR count). The molecule has 0 bridgehead atoms. The lowest BCUT2D eigenvalue weighted by Crippen LogP contribution is -2.33. The van der Waals surface area contributed by atoms with E-state index >= 15 is 0 Å². The minimum atomic E-state index is -0.0354. The summed E-state index contributed by atoms with van der Waals surface area (Å²) in [6.45, 7) is 1.99. The van der Waals surface area contributed by atoms with Gasteiger partial charge in [0.1, 0.15) is 0 Å². The number of benzene rings is 1. The first-order valence-corrected chi connectivity index (χ1v) is 6.95. The normalized spacial score (nSPS) is 22.9. The number of hydrogen-bond acceptors (Lipinski definition) is 3. The molecule has 4 heteroatoms. The highest BCUT2D eigenvalue weighted by Gasteiger charge is 2.19. The Kier molecular flexibility index (Phi) is 4.43. The predicted molar refractivity (Wildman–Crippen MR) is 78.4 cm³/mol. The number of carbonyl (C=O) groups excluding carboxylic acids is 1. The van der Waals surface area contributed by atoms with E-state index in [1.807, 2.05) is 25.1 Å². The lowest BCUT2D eigenvalue weighted by molar-refractivity contribution is 0.0962. The van der Waals surface area contributed by atoms with E-state index in [2.05, 4.69) is 10.6 Å². The molecule has 1 aliphatic carbocycles.